The maximum Gasteiger partial charge on any atom is 0.226 e. The third kappa shape index (κ3) is 5.23. The summed E-state index contributed by atoms with van der Waals surface area (Å²) in [5, 5.41) is 2.90. The van der Waals surface area contributed by atoms with E-state index in [0.29, 0.717) is 17.2 Å². The van der Waals surface area contributed by atoms with Crippen LogP contribution in [-0.2, 0) is 9.59 Å². The second kappa shape index (κ2) is 9.07. The molecule has 0 heterocycles. The lowest BCUT2D eigenvalue weighted by Gasteiger charge is -2.23. The van der Waals surface area contributed by atoms with Gasteiger partial charge in [-0.25, -0.2) is 0 Å². The lowest BCUT2D eigenvalue weighted by atomic mass is 10.1. The largest absolute Gasteiger partial charge is 0.497 e. The van der Waals surface area contributed by atoms with Gasteiger partial charge >= 0.3 is 0 Å². The summed E-state index contributed by atoms with van der Waals surface area (Å²) < 4.78 is 10.6. The van der Waals surface area contributed by atoms with Crippen molar-refractivity contribution in [2.45, 2.75) is 27.2 Å². The van der Waals surface area contributed by atoms with E-state index in [2.05, 4.69) is 5.32 Å². The molecule has 0 aromatic heterocycles. The topological polar surface area (TPSA) is 67.9 Å². The Labute approximate surface area is 160 Å². The van der Waals surface area contributed by atoms with E-state index in [1.165, 1.54) is 18.9 Å². The number of aryl methyl sites for hydroxylation is 2. The average molecular weight is 370 g/mol. The first kappa shape index (κ1) is 20.3. The van der Waals surface area contributed by atoms with Crippen LogP contribution >= 0.6 is 0 Å². The minimum absolute atomic E-state index is 0.157. The van der Waals surface area contributed by atoms with Gasteiger partial charge in [-0.3, -0.25) is 9.59 Å². The SMILES string of the molecule is COc1ccc(OC)c(N(CCC(=O)Nc2ccc(C)cc2C)C(C)=O)c1. The van der Waals surface area contributed by atoms with Crippen molar-refractivity contribution in [2.24, 2.45) is 0 Å². The van der Waals surface area contributed by atoms with Gasteiger partial charge in [0.1, 0.15) is 11.5 Å². The van der Waals surface area contributed by atoms with Crippen molar-refractivity contribution in [1.82, 2.24) is 0 Å². The molecular formula is C21H26N2O4. The number of rotatable bonds is 7. The zero-order valence-corrected chi connectivity index (χ0v) is 16.5. The number of hydrogen-bond donors (Lipinski definition) is 1. The van der Waals surface area contributed by atoms with Crippen LogP contribution in [0, 0.1) is 13.8 Å². The fourth-order valence-electron chi connectivity index (χ4n) is 2.84. The number of carbonyl (C=O) groups excluding carboxylic acids is 2. The van der Waals surface area contributed by atoms with Gasteiger partial charge in [0.25, 0.3) is 0 Å². The van der Waals surface area contributed by atoms with Crippen molar-refractivity contribution in [3.63, 3.8) is 0 Å². The fraction of sp³-hybridized carbons (Fsp3) is 0.333. The van der Waals surface area contributed by atoms with Crippen molar-refractivity contribution in [3.05, 3.63) is 47.5 Å². The molecule has 0 radical (unpaired) electrons. The summed E-state index contributed by atoms with van der Waals surface area (Å²) in [7, 11) is 3.09. The average Bonchev–Trinajstić information content (AvgIpc) is 2.63. The van der Waals surface area contributed by atoms with E-state index in [1.807, 2.05) is 32.0 Å². The molecule has 0 saturated heterocycles. The Morgan fingerprint density at radius 1 is 1.04 bits per heavy atom. The number of carbonyl (C=O) groups is 2. The van der Waals surface area contributed by atoms with Crippen molar-refractivity contribution in [3.8, 4) is 11.5 Å². The van der Waals surface area contributed by atoms with Crippen LogP contribution in [0.1, 0.15) is 24.5 Å². The number of amides is 2. The summed E-state index contributed by atoms with van der Waals surface area (Å²) in [6.45, 7) is 5.65. The molecule has 0 bridgehead atoms. The highest BCUT2D eigenvalue weighted by Gasteiger charge is 2.18. The predicted octanol–water partition coefficient (Wildman–Crippen LogP) is 3.70. The van der Waals surface area contributed by atoms with Crippen LogP contribution < -0.4 is 19.7 Å². The number of methoxy groups -OCH3 is 2. The molecule has 27 heavy (non-hydrogen) atoms. The maximum atomic E-state index is 12.4. The molecule has 0 aliphatic heterocycles. The van der Waals surface area contributed by atoms with Gasteiger partial charge in [-0.2, -0.15) is 0 Å². The highest BCUT2D eigenvalue weighted by molar-refractivity contribution is 5.96. The molecule has 2 aromatic rings. The van der Waals surface area contributed by atoms with Gasteiger partial charge in [0, 0.05) is 31.6 Å². The minimum atomic E-state index is -0.180. The Morgan fingerprint density at radius 2 is 1.78 bits per heavy atom. The van der Waals surface area contributed by atoms with Crippen molar-refractivity contribution in [2.75, 3.05) is 31.0 Å². The normalized spacial score (nSPS) is 10.3. The summed E-state index contributed by atoms with van der Waals surface area (Å²) in [5.41, 5.74) is 3.49. The summed E-state index contributed by atoms with van der Waals surface area (Å²) in [6, 6.07) is 11.1. The number of hydrogen-bond acceptors (Lipinski definition) is 4. The Morgan fingerprint density at radius 3 is 2.37 bits per heavy atom. The Hall–Kier alpha value is -3.02. The van der Waals surface area contributed by atoms with E-state index in [0.717, 1.165) is 16.8 Å². The maximum absolute atomic E-state index is 12.4. The fourth-order valence-corrected chi connectivity index (χ4v) is 2.84. The highest BCUT2D eigenvalue weighted by Crippen LogP contribution is 2.32. The molecule has 0 aliphatic rings. The second-order valence-electron chi connectivity index (χ2n) is 6.32. The number of anilines is 2. The van der Waals surface area contributed by atoms with Gasteiger partial charge in [0.2, 0.25) is 11.8 Å². The van der Waals surface area contributed by atoms with Crippen LogP contribution in [0.3, 0.4) is 0 Å². The van der Waals surface area contributed by atoms with E-state index in [-0.39, 0.29) is 24.8 Å². The molecule has 0 aliphatic carbocycles. The lowest BCUT2D eigenvalue weighted by Crippen LogP contribution is -2.32. The lowest BCUT2D eigenvalue weighted by molar-refractivity contribution is -0.117. The van der Waals surface area contributed by atoms with Gasteiger partial charge in [0.05, 0.1) is 19.9 Å². The number of nitrogens with zero attached hydrogens (tertiary/aromatic N) is 1. The molecular weight excluding hydrogens is 344 g/mol. The van der Waals surface area contributed by atoms with Crippen LogP contribution in [0.5, 0.6) is 11.5 Å². The monoisotopic (exact) mass is 370 g/mol. The summed E-state index contributed by atoms with van der Waals surface area (Å²) in [6.07, 6.45) is 0.160. The van der Waals surface area contributed by atoms with Crippen LogP contribution in [0.15, 0.2) is 36.4 Å². The smallest absolute Gasteiger partial charge is 0.226 e. The standard InChI is InChI=1S/C21H26N2O4/c1-14-6-8-18(15(2)12-14)22-21(25)10-11-23(16(3)24)19-13-17(26-4)7-9-20(19)27-5/h6-9,12-13H,10-11H2,1-5H3,(H,22,25). The Balaban J connectivity index is 2.13. The molecule has 0 spiro atoms. The zero-order valence-electron chi connectivity index (χ0n) is 16.5. The van der Waals surface area contributed by atoms with Crippen LogP contribution in [-0.4, -0.2) is 32.6 Å². The van der Waals surface area contributed by atoms with Crippen molar-refractivity contribution >= 4 is 23.2 Å². The first-order chi connectivity index (χ1) is 12.8. The molecule has 2 rings (SSSR count). The second-order valence-corrected chi connectivity index (χ2v) is 6.32. The van der Waals surface area contributed by atoms with Gasteiger partial charge in [-0.1, -0.05) is 17.7 Å². The van der Waals surface area contributed by atoms with E-state index in [4.69, 9.17) is 9.47 Å². The minimum Gasteiger partial charge on any atom is -0.497 e. The van der Waals surface area contributed by atoms with Crippen LogP contribution in [0.4, 0.5) is 11.4 Å². The van der Waals surface area contributed by atoms with Crippen LogP contribution in [0.2, 0.25) is 0 Å². The zero-order chi connectivity index (χ0) is 20.0. The third-order valence-corrected chi connectivity index (χ3v) is 4.28. The molecule has 1 N–H and O–H groups in total. The van der Waals surface area contributed by atoms with Crippen molar-refractivity contribution in [1.29, 1.82) is 0 Å². The molecule has 2 amide bonds. The first-order valence-electron chi connectivity index (χ1n) is 8.73. The van der Waals surface area contributed by atoms with Gasteiger partial charge in [-0.05, 0) is 37.6 Å². The first-order valence-corrected chi connectivity index (χ1v) is 8.73. The van der Waals surface area contributed by atoms with E-state index < -0.39 is 0 Å². The molecule has 0 fully saturated rings. The van der Waals surface area contributed by atoms with Gasteiger partial charge in [0.15, 0.2) is 0 Å². The predicted molar refractivity (Wildman–Crippen MR) is 107 cm³/mol. The van der Waals surface area contributed by atoms with Gasteiger partial charge < -0.3 is 19.7 Å². The molecule has 6 heteroatoms. The van der Waals surface area contributed by atoms with Crippen LogP contribution in [0.25, 0.3) is 0 Å². The Bertz CT molecular complexity index is 833. The number of nitrogens with one attached hydrogen (secondary N) is 1. The van der Waals surface area contributed by atoms with E-state index in [1.54, 1.807) is 25.3 Å². The summed E-state index contributed by atoms with van der Waals surface area (Å²) in [5.74, 6) is 0.813. The molecule has 2 aromatic carbocycles. The summed E-state index contributed by atoms with van der Waals surface area (Å²) in [4.78, 5) is 26.1. The molecule has 144 valence electrons. The Kier molecular flexibility index (Phi) is 6.82. The summed E-state index contributed by atoms with van der Waals surface area (Å²) >= 11 is 0. The van der Waals surface area contributed by atoms with Crippen molar-refractivity contribution < 1.29 is 19.1 Å². The highest BCUT2D eigenvalue weighted by atomic mass is 16.5. The molecule has 6 nitrogen and oxygen atoms in total. The van der Waals surface area contributed by atoms with E-state index in [9.17, 15) is 9.59 Å². The van der Waals surface area contributed by atoms with Gasteiger partial charge in [-0.15, -0.1) is 0 Å². The number of benzene rings is 2. The quantitative estimate of drug-likeness (QED) is 0.807. The third-order valence-electron chi connectivity index (χ3n) is 4.28. The number of ether oxygens (including phenoxy) is 2. The molecule has 0 atom stereocenters. The molecule has 0 saturated carbocycles. The van der Waals surface area contributed by atoms with E-state index >= 15 is 0 Å². The molecule has 0 unspecified atom stereocenters.